The molecule has 5 rings (SSSR count). The number of fused-ring (bicyclic) bond motifs is 3. The summed E-state index contributed by atoms with van der Waals surface area (Å²) in [5.41, 5.74) is 6.31. The number of methoxy groups -OCH3 is 1. The number of amides is 1. The van der Waals surface area contributed by atoms with Gasteiger partial charge in [-0.1, -0.05) is 12.1 Å². The van der Waals surface area contributed by atoms with Gasteiger partial charge in [-0.25, -0.2) is 0 Å². The standard InChI is InChI=1S/C28H27N5O2/c1-33(2)14-13-30-28(34)19-8-6-18(7-9-19)26-25(35-3)11-10-22-27(26)21-15-23(31-17-24(21)32-22)20-5-4-12-29-16-20/h4-12,15-17,32H,13-14H2,1-3H3,(H,30,34). The van der Waals surface area contributed by atoms with Gasteiger partial charge in [-0.15, -0.1) is 0 Å². The van der Waals surface area contributed by atoms with Crippen molar-refractivity contribution in [3.05, 3.63) is 78.8 Å². The highest BCUT2D eigenvalue weighted by molar-refractivity contribution is 6.16. The summed E-state index contributed by atoms with van der Waals surface area (Å²) < 4.78 is 5.77. The molecule has 176 valence electrons. The second-order valence-corrected chi connectivity index (χ2v) is 8.68. The topological polar surface area (TPSA) is 83.1 Å². The van der Waals surface area contributed by atoms with Crippen LogP contribution in [0.1, 0.15) is 10.4 Å². The van der Waals surface area contributed by atoms with Gasteiger partial charge >= 0.3 is 0 Å². The number of nitrogens with one attached hydrogen (secondary N) is 2. The lowest BCUT2D eigenvalue weighted by Gasteiger charge is -2.13. The quantitative estimate of drug-likeness (QED) is 0.363. The van der Waals surface area contributed by atoms with E-state index >= 15 is 0 Å². The zero-order valence-corrected chi connectivity index (χ0v) is 20.0. The molecule has 2 N–H and O–H groups in total. The Morgan fingerprint density at radius 2 is 1.86 bits per heavy atom. The molecule has 0 aliphatic carbocycles. The van der Waals surface area contributed by atoms with E-state index in [1.54, 1.807) is 13.3 Å². The molecule has 0 atom stereocenters. The third-order valence-corrected chi connectivity index (χ3v) is 6.07. The Hall–Kier alpha value is -4.23. The maximum absolute atomic E-state index is 12.5. The number of aromatic nitrogens is 3. The average Bonchev–Trinajstić information content (AvgIpc) is 3.26. The number of aromatic amines is 1. The highest BCUT2D eigenvalue weighted by Gasteiger charge is 2.17. The minimum atomic E-state index is -0.0807. The van der Waals surface area contributed by atoms with E-state index < -0.39 is 0 Å². The van der Waals surface area contributed by atoms with Crippen molar-refractivity contribution >= 4 is 27.7 Å². The number of hydrogen-bond donors (Lipinski definition) is 2. The van der Waals surface area contributed by atoms with E-state index in [0.717, 1.165) is 56.5 Å². The molecule has 7 heteroatoms. The van der Waals surface area contributed by atoms with Crippen molar-refractivity contribution in [1.82, 2.24) is 25.2 Å². The first-order valence-corrected chi connectivity index (χ1v) is 11.5. The molecule has 0 aliphatic heterocycles. The van der Waals surface area contributed by atoms with Crippen LogP contribution in [0.2, 0.25) is 0 Å². The Morgan fingerprint density at radius 1 is 1.03 bits per heavy atom. The number of nitrogens with zero attached hydrogens (tertiary/aromatic N) is 3. The van der Waals surface area contributed by atoms with Crippen LogP contribution in [0.25, 0.3) is 44.2 Å². The fourth-order valence-corrected chi connectivity index (χ4v) is 4.29. The first kappa shape index (κ1) is 22.6. The predicted molar refractivity (Wildman–Crippen MR) is 140 cm³/mol. The molecule has 7 nitrogen and oxygen atoms in total. The van der Waals surface area contributed by atoms with Gasteiger partial charge in [0.25, 0.3) is 5.91 Å². The maximum atomic E-state index is 12.5. The molecule has 0 aliphatic rings. The lowest BCUT2D eigenvalue weighted by atomic mass is 9.97. The number of rotatable bonds is 7. The smallest absolute Gasteiger partial charge is 0.251 e. The van der Waals surface area contributed by atoms with Gasteiger partial charge in [0.1, 0.15) is 5.75 Å². The number of carbonyl (C=O) groups excluding carboxylic acids is 1. The lowest BCUT2D eigenvalue weighted by Crippen LogP contribution is -2.31. The van der Waals surface area contributed by atoms with Gasteiger partial charge in [-0.05, 0) is 62.1 Å². The van der Waals surface area contributed by atoms with Gasteiger partial charge in [0.2, 0.25) is 0 Å². The second kappa shape index (κ2) is 9.56. The number of hydrogen-bond acceptors (Lipinski definition) is 5. The van der Waals surface area contributed by atoms with Crippen LogP contribution in [0.15, 0.2) is 73.2 Å². The van der Waals surface area contributed by atoms with E-state index in [0.29, 0.717) is 12.1 Å². The summed E-state index contributed by atoms with van der Waals surface area (Å²) in [5.74, 6) is 0.684. The van der Waals surface area contributed by atoms with Gasteiger partial charge in [-0.2, -0.15) is 0 Å². The molecule has 0 spiro atoms. The Morgan fingerprint density at radius 3 is 2.57 bits per heavy atom. The number of carbonyl (C=O) groups is 1. The van der Waals surface area contributed by atoms with Crippen molar-refractivity contribution in [3.8, 4) is 28.1 Å². The molecule has 0 bridgehead atoms. The minimum Gasteiger partial charge on any atom is -0.496 e. The van der Waals surface area contributed by atoms with Gasteiger partial charge < -0.3 is 19.9 Å². The number of ether oxygens (including phenoxy) is 1. The Balaban J connectivity index is 1.59. The van der Waals surface area contributed by atoms with Gasteiger partial charge in [0, 0.05) is 58.5 Å². The second-order valence-electron chi connectivity index (χ2n) is 8.68. The summed E-state index contributed by atoms with van der Waals surface area (Å²) >= 11 is 0. The van der Waals surface area contributed by atoms with Crippen LogP contribution in [0, 0.1) is 0 Å². The Labute approximate surface area is 203 Å². The Bertz CT molecular complexity index is 1490. The first-order chi connectivity index (χ1) is 17.0. The maximum Gasteiger partial charge on any atom is 0.251 e. The molecule has 0 radical (unpaired) electrons. The average molecular weight is 466 g/mol. The van der Waals surface area contributed by atoms with Crippen LogP contribution in [0.4, 0.5) is 0 Å². The largest absolute Gasteiger partial charge is 0.496 e. The normalized spacial score (nSPS) is 11.3. The van der Waals surface area contributed by atoms with Crippen LogP contribution >= 0.6 is 0 Å². The first-order valence-electron chi connectivity index (χ1n) is 11.5. The third-order valence-electron chi connectivity index (χ3n) is 6.07. The molecular formula is C28H27N5O2. The van der Waals surface area contributed by atoms with Gasteiger partial charge in [0.15, 0.2) is 0 Å². The van der Waals surface area contributed by atoms with Crippen molar-refractivity contribution in [1.29, 1.82) is 0 Å². The van der Waals surface area contributed by atoms with Gasteiger partial charge in [-0.3, -0.25) is 14.8 Å². The summed E-state index contributed by atoms with van der Waals surface area (Å²) in [6.07, 6.45) is 5.42. The summed E-state index contributed by atoms with van der Waals surface area (Å²) in [6, 6.07) is 17.6. The van der Waals surface area contributed by atoms with Crippen LogP contribution in [0.5, 0.6) is 5.75 Å². The summed E-state index contributed by atoms with van der Waals surface area (Å²) in [4.78, 5) is 26.9. The Kier molecular flexibility index (Phi) is 6.16. The summed E-state index contributed by atoms with van der Waals surface area (Å²) in [7, 11) is 5.64. The van der Waals surface area contributed by atoms with E-state index in [9.17, 15) is 4.79 Å². The highest BCUT2D eigenvalue weighted by Crippen LogP contribution is 2.41. The number of H-pyrrole nitrogens is 1. The molecule has 3 heterocycles. The van der Waals surface area contributed by atoms with Crippen LogP contribution in [0.3, 0.4) is 0 Å². The minimum absolute atomic E-state index is 0.0807. The number of pyridine rings is 2. The predicted octanol–water partition coefficient (Wildman–Crippen LogP) is 4.75. The fraction of sp³-hybridized carbons (Fsp3) is 0.179. The summed E-state index contributed by atoms with van der Waals surface area (Å²) in [6.45, 7) is 1.39. The molecule has 0 fully saturated rings. The molecule has 3 aromatic heterocycles. The van der Waals surface area contributed by atoms with E-state index in [1.807, 2.05) is 79.9 Å². The fourth-order valence-electron chi connectivity index (χ4n) is 4.29. The summed E-state index contributed by atoms with van der Waals surface area (Å²) in [5, 5.41) is 5.06. The van der Waals surface area contributed by atoms with Crippen molar-refractivity contribution in [3.63, 3.8) is 0 Å². The van der Waals surface area contributed by atoms with Crippen LogP contribution < -0.4 is 10.1 Å². The zero-order valence-electron chi connectivity index (χ0n) is 20.0. The van der Waals surface area contributed by atoms with Crippen LogP contribution in [-0.2, 0) is 0 Å². The highest BCUT2D eigenvalue weighted by atomic mass is 16.5. The van der Waals surface area contributed by atoms with Crippen molar-refractivity contribution < 1.29 is 9.53 Å². The monoisotopic (exact) mass is 465 g/mol. The van der Waals surface area contributed by atoms with E-state index in [2.05, 4.69) is 26.3 Å². The molecule has 0 saturated carbocycles. The SMILES string of the molecule is COc1ccc2[nH]c3cnc(-c4cccnc4)cc3c2c1-c1ccc(C(=O)NCCN(C)C)cc1. The van der Waals surface area contributed by atoms with Gasteiger partial charge in [0.05, 0.1) is 24.5 Å². The van der Waals surface area contributed by atoms with E-state index in [1.165, 1.54) is 0 Å². The molecule has 0 saturated heterocycles. The number of likely N-dealkylation sites (N-methyl/N-ethyl adjacent to an activating group) is 1. The molecule has 35 heavy (non-hydrogen) atoms. The molecular weight excluding hydrogens is 438 g/mol. The van der Waals surface area contributed by atoms with Crippen LogP contribution in [-0.4, -0.2) is 60.1 Å². The third kappa shape index (κ3) is 4.46. The molecule has 1 amide bonds. The lowest BCUT2D eigenvalue weighted by molar-refractivity contribution is 0.0951. The van der Waals surface area contributed by atoms with E-state index in [-0.39, 0.29) is 5.91 Å². The number of benzene rings is 2. The van der Waals surface area contributed by atoms with E-state index in [4.69, 9.17) is 4.74 Å². The van der Waals surface area contributed by atoms with Crippen molar-refractivity contribution in [2.45, 2.75) is 0 Å². The molecule has 2 aromatic carbocycles. The van der Waals surface area contributed by atoms with Crippen molar-refractivity contribution in [2.75, 3.05) is 34.3 Å². The molecule has 5 aromatic rings. The zero-order chi connectivity index (χ0) is 24.4. The van der Waals surface area contributed by atoms with Crippen molar-refractivity contribution in [2.24, 2.45) is 0 Å². The molecule has 0 unspecified atom stereocenters.